The minimum absolute atomic E-state index is 0.229. The van der Waals surface area contributed by atoms with Gasteiger partial charge in [0.2, 0.25) is 5.91 Å². The number of amides is 1. The topological polar surface area (TPSA) is 83.6 Å². The number of anilines is 1. The number of aliphatic carboxylic acids is 1. The Bertz CT molecular complexity index is 436. The van der Waals surface area contributed by atoms with Crippen molar-refractivity contribution in [2.45, 2.75) is 12.5 Å². The number of halogens is 1. The molecule has 1 rings (SSSR count). The van der Waals surface area contributed by atoms with E-state index in [2.05, 4.69) is 15.9 Å². The van der Waals surface area contributed by atoms with Gasteiger partial charge >= 0.3 is 5.97 Å². The Hall–Kier alpha value is -1.40. The molecule has 1 aromatic carbocycles. The molecule has 1 aromatic rings. The number of benzene rings is 1. The summed E-state index contributed by atoms with van der Waals surface area (Å²) in [6.07, 6.45) is -0.229. The number of carbonyl (C=O) groups is 2. The first kappa shape index (κ1) is 13.7. The number of para-hydroxylation sites is 1. The van der Waals surface area contributed by atoms with E-state index in [0.29, 0.717) is 5.69 Å². The second kappa shape index (κ2) is 5.79. The Kier molecular flexibility index (Phi) is 4.65. The molecule has 0 aliphatic rings. The van der Waals surface area contributed by atoms with Gasteiger partial charge in [0.15, 0.2) is 0 Å². The van der Waals surface area contributed by atoms with E-state index in [0.717, 1.165) is 4.47 Å². The smallest absolute Gasteiger partial charge is 0.321 e. The summed E-state index contributed by atoms with van der Waals surface area (Å²) in [5, 5.41) is 8.63. The Labute approximate surface area is 107 Å². The lowest BCUT2D eigenvalue weighted by Crippen LogP contribution is -2.38. The van der Waals surface area contributed by atoms with E-state index in [1.54, 1.807) is 25.2 Å². The number of carboxylic acid groups (broad SMARTS) is 1. The van der Waals surface area contributed by atoms with Crippen LogP contribution in [0.5, 0.6) is 0 Å². The van der Waals surface area contributed by atoms with Gasteiger partial charge in [0.05, 0.1) is 12.1 Å². The van der Waals surface area contributed by atoms with Gasteiger partial charge in [-0.1, -0.05) is 12.1 Å². The summed E-state index contributed by atoms with van der Waals surface area (Å²) < 4.78 is 0.764. The van der Waals surface area contributed by atoms with Crippen molar-refractivity contribution in [3.8, 4) is 0 Å². The van der Waals surface area contributed by atoms with Crippen molar-refractivity contribution in [3.05, 3.63) is 28.7 Å². The first-order valence-electron chi connectivity index (χ1n) is 4.93. The average Bonchev–Trinajstić information content (AvgIpc) is 2.28. The van der Waals surface area contributed by atoms with Gasteiger partial charge < -0.3 is 15.7 Å². The third-order valence-electron chi connectivity index (χ3n) is 2.30. The van der Waals surface area contributed by atoms with E-state index in [-0.39, 0.29) is 12.3 Å². The molecule has 0 saturated heterocycles. The van der Waals surface area contributed by atoms with Crippen molar-refractivity contribution in [1.82, 2.24) is 0 Å². The normalized spacial score (nSPS) is 11.9. The summed E-state index contributed by atoms with van der Waals surface area (Å²) in [6, 6.07) is 6.01. The lowest BCUT2D eigenvalue weighted by molar-refractivity contribution is -0.140. The van der Waals surface area contributed by atoms with Crippen molar-refractivity contribution < 1.29 is 14.7 Å². The standard InChI is InChI=1S/C11H13BrN2O3/c1-14(9-5-3-2-4-7(9)12)10(15)6-8(13)11(16)17/h2-5,8H,6,13H2,1H3,(H,16,17). The molecule has 0 aliphatic heterocycles. The van der Waals surface area contributed by atoms with Gasteiger partial charge in [-0.2, -0.15) is 0 Å². The van der Waals surface area contributed by atoms with Crippen molar-refractivity contribution >= 4 is 33.5 Å². The summed E-state index contributed by atoms with van der Waals surface area (Å²) in [4.78, 5) is 23.7. The van der Waals surface area contributed by atoms with E-state index in [9.17, 15) is 9.59 Å². The molecule has 0 saturated carbocycles. The van der Waals surface area contributed by atoms with Crippen LogP contribution in [0.1, 0.15) is 6.42 Å². The van der Waals surface area contributed by atoms with E-state index in [1.165, 1.54) is 4.90 Å². The lowest BCUT2D eigenvalue weighted by atomic mass is 10.2. The highest BCUT2D eigenvalue weighted by Crippen LogP contribution is 2.25. The van der Waals surface area contributed by atoms with Gasteiger partial charge in [0.25, 0.3) is 0 Å². The Balaban J connectivity index is 2.77. The largest absolute Gasteiger partial charge is 0.480 e. The molecule has 0 heterocycles. The molecule has 0 aromatic heterocycles. The number of nitrogens with two attached hydrogens (primary N) is 1. The summed E-state index contributed by atoms with van der Waals surface area (Å²) in [5.74, 6) is -1.52. The molecule has 3 N–H and O–H groups in total. The Morgan fingerprint density at radius 2 is 2.06 bits per heavy atom. The van der Waals surface area contributed by atoms with Crippen LogP contribution in [-0.2, 0) is 9.59 Å². The number of nitrogens with zero attached hydrogens (tertiary/aromatic N) is 1. The molecule has 0 spiro atoms. The summed E-state index contributed by atoms with van der Waals surface area (Å²) >= 11 is 3.32. The molecule has 0 bridgehead atoms. The lowest BCUT2D eigenvalue weighted by Gasteiger charge is -2.19. The van der Waals surface area contributed by atoms with Crippen LogP contribution < -0.4 is 10.6 Å². The van der Waals surface area contributed by atoms with Gasteiger partial charge in [-0.15, -0.1) is 0 Å². The quantitative estimate of drug-likeness (QED) is 0.875. The van der Waals surface area contributed by atoms with E-state index < -0.39 is 12.0 Å². The first-order chi connectivity index (χ1) is 7.93. The van der Waals surface area contributed by atoms with Crippen LogP contribution in [0.15, 0.2) is 28.7 Å². The van der Waals surface area contributed by atoms with Crippen molar-refractivity contribution in [2.75, 3.05) is 11.9 Å². The molecule has 6 heteroatoms. The van der Waals surface area contributed by atoms with Crippen LogP contribution in [0, 0.1) is 0 Å². The molecule has 0 radical (unpaired) electrons. The second-order valence-corrected chi connectivity index (χ2v) is 4.41. The number of hydrogen-bond acceptors (Lipinski definition) is 3. The zero-order valence-electron chi connectivity index (χ0n) is 9.26. The zero-order valence-corrected chi connectivity index (χ0v) is 10.8. The molecule has 92 valence electrons. The number of rotatable bonds is 4. The molecule has 1 amide bonds. The van der Waals surface area contributed by atoms with Gasteiger partial charge in [0.1, 0.15) is 6.04 Å². The van der Waals surface area contributed by atoms with Crippen LogP contribution in [-0.4, -0.2) is 30.1 Å². The summed E-state index contributed by atoms with van der Waals surface area (Å²) in [6.45, 7) is 0. The SMILES string of the molecule is CN(C(=O)CC(N)C(=O)O)c1ccccc1Br. The highest BCUT2D eigenvalue weighted by atomic mass is 79.9. The second-order valence-electron chi connectivity index (χ2n) is 3.55. The molecular weight excluding hydrogens is 288 g/mol. The molecular formula is C11H13BrN2O3. The zero-order chi connectivity index (χ0) is 13.0. The first-order valence-corrected chi connectivity index (χ1v) is 5.72. The van der Waals surface area contributed by atoms with Crippen LogP contribution in [0.25, 0.3) is 0 Å². The number of carboxylic acids is 1. The monoisotopic (exact) mass is 300 g/mol. The molecule has 1 atom stereocenters. The molecule has 17 heavy (non-hydrogen) atoms. The maximum atomic E-state index is 11.8. The fraction of sp³-hybridized carbons (Fsp3) is 0.273. The summed E-state index contributed by atoms with van der Waals surface area (Å²) in [7, 11) is 1.58. The fourth-order valence-electron chi connectivity index (χ4n) is 1.27. The number of hydrogen-bond donors (Lipinski definition) is 2. The molecule has 0 fully saturated rings. The minimum Gasteiger partial charge on any atom is -0.480 e. The third-order valence-corrected chi connectivity index (χ3v) is 2.97. The van der Waals surface area contributed by atoms with E-state index in [1.807, 2.05) is 6.07 Å². The maximum absolute atomic E-state index is 11.8. The fourth-order valence-corrected chi connectivity index (χ4v) is 1.82. The predicted octanol–water partition coefficient (Wildman–Crippen LogP) is 1.21. The third kappa shape index (κ3) is 3.54. The van der Waals surface area contributed by atoms with Crippen LogP contribution in [0.4, 0.5) is 5.69 Å². The Morgan fingerprint density at radius 1 is 1.47 bits per heavy atom. The predicted molar refractivity (Wildman–Crippen MR) is 67.8 cm³/mol. The summed E-state index contributed by atoms with van der Waals surface area (Å²) in [5.41, 5.74) is 5.99. The van der Waals surface area contributed by atoms with Crippen molar-refractivity contribution in [2.24, 2.45) is 5.73 Å². The average molecular weight is 301 g/mol. The van der Waals surface area contributed by atoms with Crippen LogP contribution in [0.3, 0.4) is 0 Å². The van der Waals surface area contributed by atoms with E-state index >= 15 is 0 Å². The van der Waals surface area contributed by atoms with Crippen molar-refractivity contribution in [3.63, 3.8) is 0 Å². The molecule has 1 unspecified atom stereocenters. The highest BCUT2D eigenvalue weighted by Gasteiger charge is 2.20. The number of carbonyl (C=O) groups excluding carboxylic acids is 1. The van der Waals surface area contributed by atoms with Gasteiger partial charge in [0, 0.05) is 11.5 Å². The van der Waals surface area contributed by atoms with Gasteiger partial charge in [-0.05, 0) is 28.1 Å². The minimum atomic E-state index is -1.18. The van der Waals surface area contributed by atoms with Crippen molar-refractivity contribution in [1.29, 1.82) is 0 Å². The van der Waals surface area contributed by atoms with Gasteiger partial charge in [-0.3, -0.25) is 9.59 Å². The van der Waals surface area contributed by atoms with Gasteiger partial charge in [-0.25, -0.2) is 0 Å². The molecule has 5 nitrogen and oxygen atoms in total. The highest BCUT2D eigenvalue weighted by molar-refractivity contribution is 9.10. The van der Waals surface area contributed by atoms with E-state index in [4.69, 9.17) is 10.8 Å². The van der Waals surface area contributed by atoms with Crippen LogP contribution in [0.2, 0.25) is 0 Å². The Morgan fingerprint density at radius 3 is 2.59 bits per heavy atom. The van der Waals surface area contributed by atoms with Crippen LogP contribution >= 0.6 is 15.9 Å². The molecule has 0 aliphatic carbocycles. The maximum Gasteiger partial charge on any atom is 0.321 e.